The number of nitrogens with two attached hydrogens (primary N) is 1. The number of nitrogens with one attached hydrogen (secondary N) is 2. The van der Waals surface area contributed by atoms with Crippen LogP contribution in [0, 0.1) is 10.1 Å². The van der Waals surface area contributed by atoms with Crippen LogP contribution >= 0.6 is 0 Å². The number of carbonyl (C=O) groups excluding carboxylic acids is 1. The normalized spacial score (nSPS) is 10.1. The maximum atomic E-state index is 11.6. The number of amides is 1. The van der Waals surface area contributed by atoms with E-state index in [4.69, 9.17) is 5.73 Å². The van der Waals surface area contributed by atoms with Gasteiger partial charge in [-0.25, -0.2) is 0 Å². The lowest BCUT2D eigenvalue weighted by molar-refractivity contribution is -0.384. The van der Waals surface area contributed by atoms with Crippen molar-refractivity contribution in [1.82, 2.24) is 20.5 Å². The average molecular weight is 262 g/mol. The molecule has 0 fully saturated rings. The highest BCUT2D eigenvalue weighted by Crippen LogP contribution is 2.11. The number of nitro benzene ring substituents is 1. The Balaban J connectivity index is 1.95. The lowest BCUT2D eigenvalue weighted by atomic mass is 10.2. The van der Waals surface area contributed by atoms with Crippen molar-refractivity contribution < 1.29 is 9.72 Å². The number of non-ortho nitro benzene ring substituents is 1. The Hall–Kier alpha value is -2.97. The summed E-state index contributed by atoms with van der Waals surface area (Å²) in [5, 5.41) is 19.0. The highest BCUT2D eigenvalue weighted by Gasteiger charge is 2.10. The van der Waals surface area contributed by atoms with Gasteiger partial charge in [0.05, 0.1) is 4.92 Å². The van der Waals surface area contributed by atoms with Gasteiger partial charge < -0.3 is 11.1 Å². The predicted octanol–water partition coefficient (Wildman–Crippen LogP) is 0.225. The van der Waals surface area contributed by atoms with Crippen LogP contribution in [0.2, 0.25) is 0 Å². The second kappa shape index (κ2) is 5.12. The minimum atomic E-state index is -0.486. The standard InChI is InChI=1S/C10H10N6O3/c11-10-13-8(14-15-10)9(17)12-5-6-1-3-7(4-2-6)16(18)19/h1-4H,5H2,(H,12,17)(H3,11,13,14,15). The third-order valence-corrected chi connectivity index (χ3v) is 2.32. The first kappa shape index (κ1) is 12.5. The first-order valence-corrected chi connectivity index (χ1v) is 5.25. The van der Waals surface area contributed by atoms with Gasteiger partial charge in [0.2, 0.25) is 11.8 Å². The first-order chi connectivity index (χ1) is 9.06. The number of rotatable bonds is 4. The number of carbonyl (C=O) groups is 1. The van der Waals surface area contributed by atoms with Crippen molar-refractivity contribution in [2.45, 2.75) is 6.54 Å². The zero-order valence-electron chi connectivity index (χ0n) is 9.66. The number of aromatic amines is 1. The lowest BCUT2D eigenvalue weighted by Crippen LogP contribution is -2.24. The molecule has 98 valence electrons. The van der Waals surface area contributed by atoms with E-state index in [9.17, 15) is 14.9 Å². The minimum absolute atomic E-state index is 0.00177. The number of nitrogen functional groups attached to an aromatic ring is 1. The molecule has 9 heteroatoms. The van der Waals surface area contributed by atoms with E-state index in [2.05, 4.69) is 20.5 Å². The molecule has 1 amide bonds. The number of hydrogen-bond donors (Lipinski definition) is 3. The van der Waals surface area contributed by atoms with Crippen molar-refractivity contribution in [3.05, 3.63) is 45.8 Å². The molecule has 0 atom stereocenters. The molecular weight excluding hydrogens is 252 g/mol. The van der Waals surface area contributed by atoms with E-state index in [-0.39, 0.29) is 24.0 Å². The number of hydrogen-bond acceptors (Lipinski definition) is 6. The predicted molar refractivity (Wildman–Crippen MR) is 65.1 cm³/mol. The molecule has 1 heterocycles. The quantitative estimate of drug-likeness (QED) is 0.532. The second-order valence-corrected chi connectivity index (χ2v) is 3.65. The summed E-state index contributed by atoms with van der Waals surface area (Å²) in [6.07, 6.45) is 0. The smallest absolute Gasteiger partial charge is 0.288 e. The molecule has 0 spiro atoms. The van der Waals surface area contributed by atoms with Gasteiger partial charge in [-0.05, 0) is 5.56 Å². The maximum absolute atomic E-state index is 11.6. The summed E-state index contributed by atoms with van der Waals surface area (Å²) in [6, 6.07) is 5.86. The third-order valence-electron chi connectivity index (χ3n) is 2.32. The Morgan fingerprint density at radius 1 is 1.42 bits per heavy atom. The van der Waals surface area contributed by atoms with Crippen molar-refractivity contribution in [2.75, 3.05) is 5.73 Å². The van der Waals surface area contributed by atoms with Crippen molar-refractivity contribution in [1.29, 1.82) is 0 Å². The Kier molecular flexibility index (Phi) is 3.37. The second-order valence-electron chi connectivity index (χ2n) is 3.65. The van der Waals surface area contributed by atoms with Crippen LogP contribution in [0.15, 0.2) is 24.3 Å². The molecule has 19 heavy (non-hydrogen) atoms. The summed E-state index contributed by atoms with van der Waals surface area (Å²) in [6.45, 7) is 0.220. The summed E-state index contributed by atoms with van der Waals surface area (Å²) < 4.78 is 0. The summed E-state index contributed by atoms with van der Waals surface area (Å²) in [5.41, 5.74) is 6.00. The molecule has 0 bridgehead atoms. The molecule has 0 aliphatic rings. The fraction of sp³-hybridized carbons (Fsp3) is 0.100. The summed E-state index contributed by atoms with van der Waals surface area (Å²) in [4.78, 5) is 25.3. The van der Waals surface area contributed by atoms with Crippen LogP contribution in [0.25, 0.3) is 0 Å². The van der Waals surface area contributed by atoms with Crippen molar-refractivity contribution in [3.8, 4) is 0 Å². The monoisotopic (exact) mass is 262 g/mol. The number of anilines is 1. The van der Waals surface area contributed by atoms with Gasteiger partial charge in [0, 0.05) is 18.7 Å². The van der Waals surface area contributed by atoms with Gasteiger partial charge in [0.15, 0.2) is 0 Å². The fourth-order valence-corrected chi connectivity index (χ4v) is 1.38. The molecule has 0 saturated heterocycles. The maximum Gasteiger partial charge on any atom is 0.288 e. The molecule has 4 N–H and O–H groups in total. The van der Waals surface area contributed by atoms with Gasteiger partial charge in [0.25, 0.3) is 11.6 Å². The lowest BCUT2D eigenvalue weighted by Gasteiger charge is -2.02. The van der Waals surface area contributed by atoms with Crippen LogP contribution in [0.1, 0.15) is 16.2 Å². The van der Waals surface area contributed by atoms with E-state index in [1.165, 1.54) is 12.1 Å². The molecule has 9 nitrogen and oxygen atoms in total. The molecule has 0 radical (unpaired) electrons. The van der Waals surface area contributed by atoms with Crippen LogP contribution < -0.4 is 11.1 Å². The van der Waals surface area contributed by atoms with Gasteiger partial charge in [-0.15, -0.1) is 5.10 Å². The third kappa shape index (κ3) is 3.03. The topological polar surface area (TPSA) is 140 Å². The summed E-state index contributed by atoms with van der Waals surface area (Å²) in [5.74, 6) is -0.456. The van der Waals surface area contributed by atoms with Crippen LogP contribution in [-0.4, -0.2) is 26.0 Å². The Morgan fingerprint density at radius 3 is 2.63 bits per heavy atom. The number of aromatic nitrogens is 3. The molecule has 2 rings (SSSR count). The zero-order chi connectivity index (χ0) is 13.8. The molecular formula is C10H10N6O3. The molecule has 0 saturated carbocycles. The molecule has 2 aromatic rings. The van der Waals surface area contributed by atoms with E-state index >= 15 is 0 Å². The number of benzene rings is 1. The van der Waals surface area contributed by atoms with Crippen molar-refractivity contribution in [2.24, 2.45) is 0 Å². The zero-order valence-corrected chi connectivity index (χ0v) is 9.66. The van der Waals surface area contributed by atoms with Crippen LogP contribution in [0.5, 0.6) is 0 Å². The largest absolute Gasteiger partial charge is 0.366 e. The Morgan fingerprint density at radius 2 is 2.11 bits per heavy atom. The number of nitrogens with zero attached hydrogens (tertiary/aromatic N) is 3. The number of H-pyrrole nitrogens is 1. The molecule has 0 unspecified atom stereocenters. The van der Waals surface area contributed by atoms with Gasteiger partial charge in [-0.3, -0.25) is 20.0 Å². The van der Waals surface area contributed by atoms with E-state index < -0.39 is 10.8 Å². The molecule has 1 aromatic heterocycles. The van der Waals surface area contributed by atoms with E-state index in [0.29, 0.717) is 0 Å². The minimum Gasteiger partial charge on any atom is -0.366 e. The van der Waals surface area contributed by atoms with Gasteiger partial charge in [-0.2, -0.15) is 4.98 Å². The molecule has 0 aliphatic heterocycles. The first-order valence-electron chi connectivity index (χ1n) is 5.25. The van der Waals surface area contributed by atoms with E-state index in [1.54, 1.807) is 12.1 Å². The Bertz CT molecular complexity index is 606. The highest BCUT2D eigenvalue weighted by atomic mass is 16.6. The summed E-state index contributed by atoms with van der Waals surface area (Å²) >= 11 is 0. The van der Waals surface area contributed by atoms with Crippen LogP contribution in [0.4, 0.5) is 11.6 Å². The average Bonchev–Trinajstić information content (AvgIpc) is 2.83. The van der Waals surface area contributed by atoms with E-state index in [1.807, 2.05) is 0 Å². The SMILES string of the molecule is Nc1n[nH]c(C(=O)NCc2ccc([N+](=O)[O-])cc2)n1. The van der Waals surface area contributed by atoms with Gasteiger partial charge >= 0.3 is 0 Å². The molecule has 1 aromatic carbocycles. The number of nitro groups is 1. The van der Waals surface area contributed by atoms with Crippen LogP contribution in [0.3, 0.4) is 0 Å². The molecule has 0 aliphatic carbocycles. The van der Waals surface area contributed by atoms with Gasteiger partial charge in [-0.1, -0.05) is 12.1 Å². The van der Waals surface area contributed by atoms with E-state index in [0.717, 1.165) is 5.56 Å². The van der Waals surface area contributed by atoms with Crippen molar-refractivity contribution >= 4 is 17.5 Å². The highest BCUT2D eigenvalue weighted by molar-refractivity contribution is 5.90. The Labute approximate surface area is 107 Å². The van der Waals surface area contributed by atoms with Gasteiger partial charge in [0.1, 0.15) is 0 Å². The van der Waals surface area contributed by atoms with Crippen LogP contribution in [-0.2, 0) is 6.54 Å². The fourth-order valence-electron chi connectivity index (χ4n) is 1.38. The van der Waals surface area contributed by atoms with Crippen molar-refractivity contribution in [3.63, 3.8) is 0 Å². The summed E-state index contributed by atoms with van der Waals surface area (Å²) in [7, 11) is 0.